The number of hydrogen-bond donors (Lipinski definition) is 0. The van der Waals surface area contributed by atoms with Gasteiger partial charge in [-0.15, -0.1) is 11.6 Å². The number of alkyl halides is 1. The highest BCUT2D eigenvalue weighted by atomic mass is 35.5. The van der Waals surface area contributed by atoms with Crippen molar-refractivity contribution >= 4 is 34.2 Å². The van der Waals surface area contributed by atoms with Crippen molar-refractivity contribution in [3.05, 3.63) is 29.0 Å². The largest absolute Gasteiger partial charge is 0.324 e. The van der Waals surface area contributed by atoms with Crippen LogP contribution in [0.4, 0.5) is 0 Å². The molecule has 1 saturated carbocycles. The zero-order valence-electron chi connectivity index (χ0n) is 10.5. The van der Waals surface area contributed by atoms with Crippen LogP contribution in [0.15, 0.2) is 18.2 Å². The molecule has 0 N–H and O–H groups in total. The Labute approximate surface area is 117 Å². The number of hydrogen-bond acceptors (Lipinski definition) is 1. The molecule has 2 nitrogen and oxygen atoms in total. The fraction of sp³-hybridized carbons (Fsp3) is 0.500. The van der Waals surface area contributed by atoms with Crippen molar-refractivity contribution in [2.45, 2.75) is 38.1 Å². The van der Waals surface area contributed by atoms with Gasteiger partial charge in [0.2, 0.25) is 0 Å². The van der Waals surface area contributed by atoms with E-state index in [2.05, 4.69) is 16.5 Å². The van der Waals surface area contributed by atoms with Crippen LogP contribution in [0.1, 0.15) is 43.9 Å². The van der Waals surface area contributed by atoms with E-state index in [1.54, 1.807) is 0 Å². The second kappa shape index (κ2) is 4.43. The minimum Gasteiger partial charge on any atom is -0.324 e. The molecular weight excluding hydrogens is 267 g/mol. The van der Waals surface area contributed by atoms with Crippen LogP contribution >= 0.6 is 23.2 Å². The van der Waals surface area contributed by atoms with Gasteiger partial charge in [0, 0.05) is 11.1 Å². The van der Waals surface area contributed by atoms with Crippen LogP contribution in [0.3, 0.4) is 0 Å². The van der Waals surface area contributed by atoms with E-state index in [9.17, 15) is 0 Å². The summed E-state index contributed by atoms with van der Waals surface area (Å²) >= 11 is 12.4. The second-order valence-electron chi connectivity index (χ2n) is 5.32. The van der Waals surface area contributed by atoms with Crippen molar-refractivity contribution in [1.82, 2.24) is 9.55 Å². The molecule has 1 atom stereocenters. The average Bonchev–Trinajstić information content (AvgIpc) is 2.63. The third kappa shape index (κ3) is 1.92. The Bertz CT molecular complexity index is 583. The molecule has 0 radical (unpaired) electrons. The Hall–Kier alpha value is -0.730. The van der Waals surface area contributed by atoms with Gasteiger partial charge in [0.15, 0.2) is 0 Å². The van der Waals surface area contributed by atoms with Crippen molar-refractivity contribution in [2.24, 2.45) is 5.92 Å². The summed E-state index contributed by atoms with van der Waals surface area (Å²) in [6.07, 6.45) is 2.41. The first-order chi connectivity index (χ1) is 8.56. The van der Waals surface area contributed by atoms with Crippen molar-refractivity contribution in [2.75, 3.05) is 0 Å². The highest BCUT2D eigenvalue weighted by molar-refractivity contribution is 6.31. The van der Waals surface area contributed by atoms with Gasteiger partial charge in [-0.1, -0.05) is 18.5 Å². The molecule has 0 saturated heterocycles. The van der Waals surface area contributed by atoms with Crippen LogP contribution in [0.5, 0.6) is 0 Å². The van der Waals surface area contributed by atoms with Gasteiger partial charge >= 0.3 is 0 Å². The Balaban J connectivity index is 2.17. The maximum Gasteiger partial charge on any atom is 0.127 e. The maximum absolute atomic E-state index is 6.26. The molecule has 2 aromatic rings. The first kappa shape index (κ1) is 12.3. The zero-order chi connectivity index (χ0) is 12.9. The monoisotopic (exact) mass is 282 g/mol. The Morgan fingerprint density at radius 1 is 1.39 bits per heavy atom. The summed E-state index contributed by atoms with van der Waals surface area (Å²) in [5, 5.41) is 0.678. The van der Waals surface area contributed by atoms with Crippen molar-refractivity contribution in [3.8, 4) is 0 Å². The van der Waals surface area contributed by atoms with E-state index in [4.69, 9.17) is 23.2 Å². The lowest BCUT2D eigenvalue weighted by molar-refractivity contribution is 0.216. The van der Waals surface area contributed by atoms with E-state index in [0.717, 1.165) is 27.8 Å². The van der Waals surface area contributed by atoms with E-state index >= 15 is 0 Å². The molecule has 18 heavy (non-hydrogen) atoms. The number of rotatable bonds is 2. The Morgan fingerprint density at radius 3 is 2.72 bits per heavy atom. The third-order valence-electron chi connectivity index (χ3n) is 3.75. The second-order valence-corrected chi connectivity index (χ2v) is 6.41. The van der Waals surface area contributed by atoms with Crippen molar-refractivity contribution in [3.63, 3.8) is 0 Å². The summed E-state index contributed by atoms with van der Waals surface area (Å²) in [6.45, 7) is 4.26. The van der Waals surface area contributed by atoms with Crippen LogP contribution in [0.2, 0.25) is 5.02 Å². The van der Waals surface area contributed by atoms with Crippen LogP contribution in [0, 0.1) is 5.92 Å². The SMILES string of the molecule is CC1CC(n2c(C(C)Cl)nc3ccc(Cl)cc32)C1. The van der Waals surface area contributed by atoms with Gasteiger partial charge in [0.25, 0.3) is 0 Å². The molecule has 0 aliphatic heterocycles. The van der Waals surface area contributed by atoms with E-state index in [0.29, 0.717) is 6.04 Å². The van der Waals surface area contributed by atoms with E-state index in [-0.39, 0.29) is 5.38 Å². The number of aromatic nitrogens is 2. The number of halogens is 2. The Morgan fingerprint density at radius 2 is 2.11 bits per heavy atom. The van der Waals surface area contributed by atoms with Gasteiger partial charge in [-0.25, -0.2) is 4.98 Å². The topological polar surface area (TPSA) is 17.8 Å². The summed E-state index contributed by atoms with van der Waals surface area (Å²) in [5.41, 5.74) is 2.10. The Kier molecular flexibility index (Phi) is 3.03. The van der Waals surface area contributed by atoms with Crippen LogP contribution in [0.25, 0.3) is 11.0 Å². The fourth-order valence-electron chi connectivity index (χ4n) is 2.82. The third-order valence-corrected chi connectivity index (χ3v) is 4.18. The molecule has 1 aliphatic rings. The molecule has 4 heteroatoms. The summed E-state index contributed by atoms with van der Waals surface area (Å²) in [5.74, 6) is 1.76. The summed E-state index contributed by atoms with van der Waals surface area (Å²) in [7, 11) is 0. The molecule has 1 aliphatic carbocycles. The average molecular weight is 283 g/mol. The van der Waals surface area contributed by atoms with E-state index in [1.807, 2.05) is 25.1 Å². The lowest BCUT2D eigenvalue weighted by atomic mass is 9.81. The number of nitrogens with zero attached hydrogens (tertiary/aromatic N) is 2. The molecule has 1 heterocycles. The van der Waals surface area contributed by atoms with E-state index < -0.39 is 0 Å². The minimum absolute atomic E-state index is 0.0768. The molecular formula is C14H16Cl2N2. The standard InChI is InChI=1S/C14H16Cl2N2/c1-8-5-11(6-8)18-13-7-10(16)3-4-12(13)17-14(18)9(2)15/h3-4,7-9,11H,5-6H2,1-2H3. The minimum atomic E-state index is -0.0768. The van der Waals surface area contributed by atoms with Crippen molar-refractivity contribution < 1.29 is 0 Å². The predicted octanol–water partition coefficient (Wildman–Crippen LogP) is 4.96. The van der Waals surface area contributed by atoms with Gasteiger partial charge < -0.3 is 4.57 Å². The number of fused-ring (bicyclic) bond motifs is 1. The van der Waals surface area contributed by atoms with Crippen LogP contribution in [-0.4, -0.2) is 9.55 Å². The smallest absolute Gasteiger partial charge is 0.127 e. The first-order valence-electron chi connectivity index (χ1n) is 6.37. The lowest BCUT2D eigenvalue weighted by Crippen LogP contribution is -2.26. The lowest BCUT2D eigenvalue weighted by Gasteiger charge is -2.35. The highest BCUT2D eigenvalue weighted by Gasteiger charge is 2.31. The van der Waals surface area contributed by atoms with Crippen molar-refractivity contribution in [1.29, 1.82) is 0 Å². The van der Waals surface area contributed by atoms with Gasteiger partial charge in [-0.3, -0.25) is 0 Å². The summed E-state index contributed by atoms with van der Waals surface area (Å²) in [4.78, 5) is 4.65. The molecule has 96 valence electrons. The normalized spacial score (nSPS) is 25.1. The quantitative estimate of drug-likeness (QED) is 0.712. The first-order valence-corrected chi connectivity index (χ1v) is 7.19. The number of benzene rings is 1. The highest BCUT2D eigenvalue weighted by Crippen LogP contribution is 2.41. The molecule has 0 bridgehead atoms. The molecule has 0 spiro atoms. The van der Waals surface area contributed by atoms with Crippen LogP contribution < -0.4 is 0 Å². The van der Waals surface area contributed by atoms with E-state index in [1.165, 1.54) is 12.8 Å². The molecule has 0 amide bonds. The molecule has 3 rings (SSSR count). The van der Waals surface area contributed by atoms with Gasteiger partial charge in [0.1, 0.15) is 5.82 Å². The molecule has 1 aromatic heterocycles. The van der Waals surface area contributed by atoms with Gasteiger partial charge in [0.05, 0.1) is 16.4 Å². The zero-order valence-corrected chi connectivity index (χ0v) is 12.0. The number of imidazole rings is 1. The fourth-order valence-corrected chi connectivity index (χ4v) is 3.14. The predicted molar refractivity (Wildman–Crippen MR) is 76.4 cm³/mol. The van der Waals surface area contributed by atoms with Gasteiger partial charge in [-0.2, -0.15) is 0 Å². The summed E-state index contributed by atoms with van der Waals surface area (Å²) < 4.78 is 2.29. The molecule has 1 aromatic carbocycles. The maximum atomic E-state index is 6.26. The molecule has 1 fully saturated rings. The van der Waals surface area contributed by atoms with Gasteiger partial charge in [-0.05, 0) is 43.9 Å². The molecule has 1 unspecified atom stereocenters. The summed E-state index contributed by atoms with van der Waals surface area (Å²) in [6, 6.07) is 6.38. The van der Waals surface area contributed by atoms with Crippen LogP contribution in [-0.2, 0) is 0 Å².